The minimum Gasteiger partial charge on any atom is -0.381 e. The molecule has 0 amide bonds. The van der Waals surface area contributed by atoms with E-state index >= 15 is 0 Å². The van der Waals surface area contributed by atoms with E-state index in [0.29, 0.717) is 17.8 Å². The van der Waals surface area contributed by atoms with E-state index in [9.17, 15) is 0 Å². The first-order chi connectivity index (χ1) is 9.72. The smallest absolute Gasteiger partial charge is 0.111 e. The molecule has 0 spiro atoms. The Morgan fingerprint density at radius 1 is 1.50 bits per heavy atom. The summed E-state index contributed by atoms with van der Waals surface area (Å²) in [5, 5.41) is 0. The first-order valence-electron chi connectivity index (χ1n) is 7.32. The van der Waals surface area contributed by atoms with Gasteiger partial charge < -0.3 is 9.30 Å². The third-order valence-electron chi connectivity index (χ3n) is 4.36. The topological polar surface area (TPSA) is 27.1 Å². The highest BCUT2D eigenvalue weighted by atomic mass is 35.5. The SMILES string of the molecule is Cc1cccc2nc(CCCl)n(C(C)C3CCOC3)c12. The van der Waals surface area contributed by atoms with Crippen LogP contribution in [0.15, 0.2) is 18.2 Å². The molecule has 2 aromatic rings. The van der Waals surface area contributed by atoms with Crippen molar-refractivity contribution in [1.82, 2.24) is 9.55 Å². The maximum absolute atomic E-state index is 5.96. The van der Waals surface area contributed by atoms with Gasteiger partial charge in [-0.2, -0.15) is 0 Å². The number of aryl methyl sites for hydroxylation is 2. The molecule has 2 unspecified atom stereocenters. The summed E-state index contributed by atoms with van der Waals surface area (Å²) in [5.74, 6) is 2.28. The van der Waals surface area contributed by atoms with E-state index in [4.69, 9.17) is 21.3 Å². The van der Waals surface area contributed by atoms with Crippen LogP contribution in [0.4, 0.5) is 0 Å². The van der Waals surface area contributed by atoms with Crippen LogP contribution in [-0.4, -0.2) is 28.6 Å². The fourth-order valence-corrected chi connectivity index (χ4v) is 3.38. The zero-order valence-corrected chi connectivity index (χ0v) is 12.9. The molecular weight excluding hydrogens is 272 g/mol. The van der Waals surface area contributed by atoms with Crippen molar-refractivity contribution < 1.29 is 4.74 Å². The molecule has 0 aliphatic carbocycles. The summed E-state index contributed by atoms with van der Waals surface area (Å²) in [7, 11) is 0. The molecule has 0 N–H and O–H groups in total. The minimum absolute atomic E-state index is 0.404. The van der Waals surface area contributed by atoms with Gasteiger partial charge in [0.25, 0.3) is 0 Å². The lowest BCUT2D eigenvalue weighted by molar-refractivity contribution is 0.175. The quantitative estimate of drug-likeness (QED) is 0.803. The largest absolute Gasteiger partial charge is 0.381 e. The molecule has 1 aliphatic heterocycles. The number of benzene rings is 1. The van der Waals surface area contributed by atoms with Crippen LogP contribution < -0.4 is 0 Å². The van der Waals surface area contributed by atoms with E-state index in [1.165, 1.54) is 11.1 Å². The summed E-state index contributed by atoms with van der Waals surface area (Å²) >= 11 is 5.96. The predicted octanol–water partition coefficient (Wildman–Crippen LogP) is 3.72. The van der Waals surface area contributed by atoms with Crippen LogP contribution in [0.3, 0.4) is 0 Å². The van der Waals surface area contributed by atoms with Gasteiger partial charge in [0.15, 0.2) is 0 Å². The molecule has 1 aromatic carbocycles. The Hall–Kier alpha value is -1.06. The summed E-state index contributed by atoms with van der Waals surface area (Å²) in [5.41, 5.74) is 3.62. The van der Waals surface area contributed by atoms with Gasteiger partial charge in [-0.25, -0.2) is 4.98 Å². The highest BCUT2D eigenvalue weighted by Gasteiger charge is 2.27. The molecule has 3 rings (SSSR count). The lowest BCUT2D eigenvalue weighted by atomic mass is 9.99. The molecular formula is C16H21ClN2O. The van der Waals surface area contributed by atoms with Gasteiger partial charge >= 0.3 is 0 Å². The van der Waals surface area contributed by atoms with Crippen LogP contribution in [-0.2, 0) is 11.2 Å². The normalized spacial score (nSPS) is 20.6. The number of hydrogen-bond donors (Lipinski definition) is 0. The van der Waals surface area contributed by atoms with E-state index in [-0.39, 0.29) is 0 Å². The first kappa shape index (κ1) is 13.9. The summed E-state index contributed by atoms with van der Waals surface area (Å²) < 4.78 is 7.95. The minimum atomic E-state index is 0.404. The Morgan fingerprint density at radius 2 is 2.35 bits per heavy atom. The van der Waals surface area contributed by atoms with Crippen LogP contribution in [0.5, 0.6) is 0 Å². The molecule has 1 fully saturated rings. The molecule has 0 saturated carbocycles. The van der Waals surface area contributed by atoms with E-state index in [2.05, 4.69) is 36.6 Å². The van der Waals surface area contributed by atoms with Crippen molar-refractivity contribution in [2.24, 2.45) is 5.92 Å². The van der Waals surface area contributed by atoms with Crippen molar-refractivity contribution in [2.45, 2.75) is 32.7 Å². The fraction of sp³-hybridized carbons (Fsp3) is 0.562. The fourth-order valence-electron chi connectivity index (χ4n) is 3.21. The van der Waals surface area contributed by atoms with Gasteiger partial charge in [-0.3, -0.25) is 0 Å². The van der Waals surface area contributed by atoms with Crippen LogP contribution in [0.2, 0.25) is 0 Å². The number of fused-ring (bicyclic) bond motifs is 1. The maximum atomic E-state index is 5.96. The first-order valence-corrected chi connectivity index (χ1v) is 7.86. The molecule has 4 heteroatoms. The Labute approximate surface area is 124 Å². The number of rotatable bonds is 4. The lowest BCUT2D eigenvalue weighted by Crippen LogP contribution is -2.19. The van der Waals surface area contributed by atoms with Gasteiger partial charge in [0, 0.05) is 30.9 Å². The molecule has 0 radical (unpaired) electrons. The maximum Gasteiger partial charge on any atom is 0.111 e. The number of alkyl halides is 1. The van der Waals surface area contributed by atoms with Crippen LogP contribution in [0.25, 0.3) is 11.0 Å². The van der Waals surface area contributed by atoms with Crippen LogP contribution in [0.1, 0.15) is 30.8 Å². The molecule has 1 saturated heterocycles. The number of para-hydroxylation sites is 1. The van der Waals surface area contributed by atoms with Gasteiger partial charge in [0.1, 0.15) is 5.82 Å². The number of nitrogens with zero attached hydrogens (tertiary/aromatic N) is 2. The Morgan fingerprint density at radius 3 is 3.05 bits per heavy atom. The molecule has 0 bridgehead atoms. The van der Waals surface area contributed by atoms with Gasteiger partial charge in [-0.15, -0.1) is 11.6 Å². The van der Waals surface area contributed by atoms with E-state index < -0.39 is 0 Å². The number of hydrogen-bond acceptors (Lipinski definition) is 2. The summed E-state index contributed by atoms with van der Waals surface area (Å²) in [6, 6.07) is 6.72. The third-order valence-corrected chi connectivity index (χ3v) is 4.55. The zero-order valence-electron chi connectivity index (χ0n) is 12.1. The third kappa shape index (κ3) is 2.33. The molecule has 108 valence electrons. The highest BCUT2D eigenvalue weighted by Crippen LogP contribution is 2.32. The van der Waals surface area contributed by atoms with E-state index in [1.807, 2.05) is 0 Å². The van der Waals surface area contributed by atoms with Crippen molar-refractivity contribution in [3.63, 3.8) is 0 Å². The van der Waals surface area contributed by atoms with Crippen LogP contribution in [0, 0.1) is 12.8 Å². The molecule has 20 heavy (non-hydrogen) atoms. The molecule has 2 heterocycles. The van der Waals surface area contributed by atoms with Gasteiger partial charge in [0.2, 0.25) is 0 Å². The van der Waals surface area contributed by atoms with Crippen molar-refractivity contribution in [2.75, 3.05) is 19.1 Å². The number of halogens is 1. The zero-order chi connectivity index (χ0) is 14.1. The number of ether oxygens (including phenoxy) is 1. The number of aromatic nitrogens is 2. The molecule has 1 aliphatic rings. The Balaban J connectivity index is 2.12. The second kappa shape index (κ2) is 5.74. The average molecular weight is 293 g/mol. The highest BCUT2D eigenvalue weighted by molar-refractivity contribution is 6.17. The van der Waals surface area contributed by atoms with Gasteiger partial charge in [-0.05, 0) is 31.9 Å². The van der Waals surface area contributed by atoms with Crippen molar-refractivity contribution in [3.8, 4) is 0 Å². The standard InChI is InChI=1S/C16H21ClN2O/c1-11-4-3-5-14-16(11)19(15(18-14)6-8-17)12(2)13-7-9-20-10-13/h3-5,12-13H,6-10H2,1-2H3. The number of imidazole rings is 1. The second-order valence-electron chi connectivity index (χ2n) is 5.64. The van der Waals surface area contributed by atoms with E-state index in [1.54, 1.807) is 0 Å². The Bertz CT molecular complexity index is 602. The predicted molar refractivity (Wildman–Crippen MR) is 82.5 cm³/mol. The van der Waals surface area contributed by atoms with Crippen LogP contribution >= 0.6 is 11.6 Å². The summed E-state index contributed by atoms with van der Waals surface area (Å²) in [6.45, 7) is 6.17. The van der Waals surface area contributed by atoms with Crippen molar-refractivity contribution in [1.29, 1.82) is 0 Å². The second-order valence-corrected chi connectivity index (χ2v) is 6.02. The molecule has 3 nitrogen and oxygen atoms in total. The van der Waals surface area contributed by atoms with E-state index in [0.717, 1.165) is 37.4 Å². The van der Waals surface area contributed by atoms with Gasteiger partial charge in [-0.1, -0.05) is 12.1 Å². The monoisotopic (exact) mass is 292 g/mol. The van der Waals surface area contributed by atoms with Gasteiger partial charge in [0.05, 0.1) is 17.6 Å². The average Bonchev–Trinajstić information content (AvgIpc) is 3.06. The van der Waals surface area contributed by atoms with Crippen molar-refractivity contribution in [3.05, 3.63) is 29.6 Å². The summed E-state index contributed by atoms with van der Waals surface area (Å²) in [4.78, 5) is 4.79. The lowest BCUT2D eigenvalue weighted by Gasteiger charge is -2.23. The Kier molecular flexibility index (Phi) is 3.99. The van der Waals surface area contributed by atoms with Crippen molar-refractivity contribution >= 4 is 22.6 Å². The summed E-state index contributed by atoms with van der Waals surface area (Å²) in [6.07, 6.45) is 1.95. The molecule has 2 atom stereocenters. The molecule has 1 aromatic heterocycles.